The van der Waals surface area contributed by atoms with E-state index in [-0.39, 0.29) is 24.0 Å². The summed E-state index contributed by atoms with van der Waals surface area (Å²) in [5.41, 5.74) is 2.28. The van der Waals surface area contributed by atoms with Crippen LogP contribution in [0.15, 0.2) is 42.5 Å². The van der Waals surface area contributed by atoms with E-state index in [9.17, 15) is 4.79 Å². The van der Waals surface area contributed by atoms with Crippen LogP contribution in [-0.2, 0) is 4.74 Å². The Balaban J connectivity index is 1.83. The molecule has 1 heterocycles. The highest BCUT2D eigenvalue weighted by Crippen LogP contribution is 2.48. The molecule has 180 valence electrons. The standard InChI is InChI=1S/C26H35ClN2O3S/c1-6-10-20-21-11-8-9-12-24(21)32-25-14-13-19(27)15-22(25)23(20)16-28-18(4)31-26(30)29(33-5)17(3)7-2/h8-9,11-15,17-18,20,23,28H,6-7,10,16H2,1-5H3. The number of nitrogens with zero attached hydrogens (tertiary/aromatic N) is 1. The SMILES string of the molecule is CCCC1c2ccccc2Oc2ccc(Cl)cc2C1CNC(C)OC(=O)N(SC)C(C)CC. The van der Waals surface area contributed by atoms with Gasteiger partial charge in [0.05, 0.1) is 0 Å². The first-order valence-corrected chi connectivity index (χ1v) is 13.3. The molecule has 0 saturated carbocycles. The Morgan fingerprint density at radius 2 is 1.88 bits per heavy atom. The summed E-state index contributed by atoms with van der Waals surface area (Å²) in [5.74, 6) is 2.09. The van der Waals surface area contributed by atoms with E-state index in [2.05, 4.69) is 31.3 Å². The predicted octanol–water partition coefficient (Wildman–Crippen LogP) is 7.56. The molecule has 0 fully saturated rings. The molecule has 0 spiro atoms. The first kappa shape index (κ1) is 25.7. The van der Waals surface area contributed by atoms with Crippen LogP contribution in [-0.4, -0.2) is 35.5 Å². The van der Waals surface area contributed by atoms with Gasteiger partial charge in [-0.05, 0) is 74.4 Å². The number of benzene rings is 2. The Morgan fingerprint density at radius 1 is 1.15 bits per heavy atom. The zero-order chi connectivity index (χ0) is 24.0. The highest BCUT2D eigenvalue weighted by atomic mass is 35.5. The Hall–Kier alpha value is -1.89. The molecule has 1 amide bonds. The molecule has 7 heteroatoms. The minimum atomic E-state index is -0.430. The molecule has 4 unspecified atom stereocenters. The molecular weight excluding hydrogens is 456 g/mol. The summed E-state index contributed by atoms with van der Waals surface area (Å²) in [6, 6.07) is 14.2. The summed E-state index contributed by atoms with van der Waals surface area (Å²) in [6.45, 7) is 8.79. The molecular formula is C26H35ClN2O3S. The van der Waals surface area contributed by atoms with Gasteiger partial charge in [0, 0.05) is 35.3 Å². The second-order valence-electron chi connectivity index (χ2n) is 8.52. The normalized spacial score (nSPS) is 18.8. The van der Waals surface area contributed by atoms with Gasteiger partial charge in [-0.1, -0.05) is 50.1 Å². The fourth-order valence-electron chi connectivity index (χ4n) is 4.39. The van der Waals surface area contributed by atoms with Gasteiger partial charge in [0.1, 0.15) is 11.5 Å². The smallest absolute Gasteiger partial charge is 0.421 e. The van der Waals surface area contributed by atoms with Gasteiger partial charge in [-0.25, -0.2) is 9.10 Å². The highest BCUT2D eigenvalue weighted by Gasteiger charge is 2.33. The lowest BCUT2D eigenvalue weighted by Crippen LogP contribution is -2.40. The van der Waals surface area contributed by atoms with E-state index < -0.39 is 6.23 Å². The van der Waals surface area contributed by atoms with E-state index in [1.807, 2.05) is 50.4 Å². The van der Waals surface area contributed by atoms with E-state index in [4.69, 9.17) is 21.1 Å². The number of amides is 1. The maximum Gasteiger partial charge on any atom is 0.421 e. The highest BCUT2D eigenvalue weighted by molar-refractivity contribution is 7.96. The Bertz CT molecular complexity index is 942. The average Bonchev–Trinajstić information content (AvgIpc) is 2.92. The first-order valence-electron chi connectivity index (χ1n) is 11.7. The van der Waals surface area contributed by atoms with Crippen molar-refractivity contribution in [3.8, 4) is 11.5 Å². The zero-order valence-corrected chi connectivity index (χ0v) is 21.7. The number of carbonyl (C=O) groups excluding carboxylic acids is 1. The van der Waals surface area contributed by atoms with Crippen molar-refractivity contribution in [1.29, 1.82) is 0 Å². The summed E-state index contributed by atoms with van der Waals surface area (Å²) < 4.78 is 13.7. The van der Waals surface area contributed by atoms with Crippen molar-refractivity contribution in [1.82, 2.24) is 9.62 Å². The second-order valence-corrected chi connectivity index (χ2v) is 9.72. The monoisotopic (exact) mass is 490 g/mol. The van der Waals surface area contributed by atoms with Crippen LogP contribution >= 0.6 is 23.5 Å². The van der Waals surface area contributed by atoms with E-state index >= 15 is 0 Å². The number of rotatable bonds is 9. The third kappa shape index (κ3) is 6.17. The number of ether oxygens (including phenoxy) is 2. The van der Waals surface area contributed by atoms with Crippen molar-refractivity contribution >= 4 is 29.6 Å². The lowest BCUT2D eigenvalue weighted by Gasteiger charge is -2.30. The van der Waals surface area contributed by atoms with Crippen molar-refractivity contribution in [3.05, 3.63) is 58.6 Å². The van der Waals surface area contributed by atoms with Crippen LogP contribution in [0.1, 0.15) is 69.9 Å². The molecule has 0 bridgehead atoms. The number of para-hydroxylation sites is 1. The number of halogens is 1. The van der Waals surface area contributed by atoms with Crippen molar-refractivity contribution in [2.45, 2.75) is 71.1 Å². The molecule has 0 aliphatic carbocycles. The summed E-state index contributed by atoms with van der Waals surface area (Å²) >= 11 is 7.80. The van der Waals surface area contributed by atoms with Crippen LogP contribution < -0.4 is 10.1 Å². The summed E-state index contributed by atoms with van der Waals surface area (Å²) in [7, 11) is 0. The fourth-order valence-corrected chi connectivity index (χ4v) is 5.27. The Morgan fingerprint density at radius 3 is 2.58 bits per heavy atom. The van der Waals surface area contributed by atoms with Crippen molar-refractivity contribution in [2.24, 2.45) is 0 Å². The first-order chi connectivity index (χ1) is 15.9. The number of hydrogen-bond donors (Lipinski definition) is 1. The lowest BCUT2D eigenvalue weighted by atomic mass is 9.78. The molecule has 3 rings (SSSR count). The number of nitrogens with one attached hydrogen (secondary N) is 1. The van der Waals surface area contributed by atoms with Gasteiger partial charge in [0.2, 0.25) is 0 Å². The van der Waals surface area contributed by atoms with E-state index in [0.29, 0.717) is 11.6 Å². The van der Waals surface area contributed by atoms with Gasteiger partial charge in [0.15, 0.2) is 6.23 Å². The van der Waals surface area contributed by atoms with Crippen LogP contribution in [0.2, 0.25) is 5.02 Å². The van der Waals surface area contributed by atoms with Crippen molar-refractivity contribution < 1.29 is 14.3 Å². The molecule has 0 saturated heterocycles. The number of carbonyl (C=O) groups is 1. The van der Waals surface area contributed by atoms with E-state index in [1.165, 1.54) is 17.5 Å². The van der Waals surface area contributed by atoms with E-state index in [0.717, 1.165) is 36.3 Å². The molecule has 1 N–H and O–H groups in total. The maximum absolute atomic E-state index is 12.7. The van der Waals surface area contributed by atoms with Crippen LogP contribution in [0.4, 0.5) is 4.79 Å². The van der Waals surface area contributed by atoms with Crippen molar-refractivity contribution in [2.75, 3.05) is 12.8 Å². The van der Waals surface area contributed by atoms with Crippen LogP contribution in [0.25, 0.3) is 0 Å². The van der Waals surface area contributed by atoms with Gasteiger partial charge in [0.25, 0.3) is 0 Å². The quantitative estimate of drug-likeness (QED) is 0.290. The third-order valence-corrected chi connectivity index (χ3v) is 7.40. The zero-order valence-electron chi connectivity index (χ0n) is 20.1. The fraction of sp³-hybridized carbons (Fsp3) is 0.500. The minimum absolute atomic E-state index is 0.109. The van der Waals surface area contributed by atoms with E-state index in [1.54, 1.807) is 4.31 Å². The molecule has 2 aromatic carbocycles. The molecule has 1 aliphatic rings. The van der Waals surface area contributed by atoms with Gasteiger partial charge in [-0.2, -0.15) is 0 Å². The van der Waals surface area contributed by atoms with Gasteiger partial charge in [-0.15, -0.1) is 0 Å². The Kier molecular flexibility index (Phi) is 9.36. The molecule has 33 heavy (non-hydrogen) atoms. The average molecular weight is 491 g/mol. The summed E-state index contributed by atoms with van der Waals surface area (Å²) in [5, 5.41) is 4.14. The molecule has 2 aromatic rings. The van der Waals surface area contributed by atoms with Crippen molar-refractivity contribution in [3.63, 3.8) is 0 Å². The summed E-state index contributed by atoms with van der Waals surface area (Å²) in [6.07, 6.45) is 4.08. The molecule has 4 atom stereocenters. The maximum atomic E-state index is 12.7. The van der Waals surface area contributed by atoms with Gasteiger partial charge in [-0.3, -0.25) is 5.32 Å². The van der Waals surface area contributed by atoms with Crippen LogP contribution in [0.3, 0.4) is 0 Å². The third-order valence-electron chi connectivity index (χ3n) is 6.27. The number of hydrogen-bond acceptors (Lipinski definition) is 5. The predicted molar refractivity (Wildman–Crippen MR) is 137 cm³/mol. The summed E-state index contributed by atoms with van der Waals surface area (Å²) in [4.78, 5) is 12.7. The molecule has 0 aromatic heterocycles. The minimum Gasteiger partial charge on any atom is -0.457 e. The Labute approximate surface area is 207 Å². The lowest BCUT2D eigenvalue weighted by molar-refractivity contribution is 0.0679. The second kappa shape index (κ2) is 12.0. The molecule has 5 nitrogen and oxygen atoms in total. The van der Waals surface area contributed by atoms with Crippen LogP contribution in [0, 0.1) is 0 Å². The molecule has 0 radical (unpaired) electrons. The number of fused-ring (bicyclic) bond motifs is 2. The van der Waals surface area contributed by atoms with Gasteiger partial charge < -0.3 is 9.47 Å². The molecule has 1 aliphatic heterocycles. The largest absolute Gasteiger partial charge is 0.457 e. The topological polar surface area (TPSA) is 50.8 Å². The van der Waals surface area contributed by atoms with Crippen LogP contribution in [0.5, 0.6) is 11.5 Å². The van der Waals surface area contributed by atoms with Gasteiger partial charge >= 0.3 is 6.09 Å².